The van der Waals surface area contributed by atoms with E-state index in [1.54, 1.807) is 11.8 Å². The Kier molecular flexibility index (Phi) is 7.79. The van der Waals surface area contributed by atoms with Crippen LogP contribution in [0.4, 0.5) is 0 Å². The third-order valence-corrected chi connectivity index (χ3v) is 4.11. The van der Waals surface area contributed by atoms with Crippen LogP contribution in [0.3, 0.4) is 0 Å². The van der Waals surface area contributed by atoms with Crippen molar-refractivity contribution < 1.29 is 9.59 Å². The third-order valence-electron chi connectivity index (χ3n) is 4.11. The number of benzene rings is 1. The van der Waals surface area contributed by atoms with E-state index in [1.165, 1.54) is 5.56 Å². The summed E-state index contributed by atoms with van der Waals surface area (Å²) in [5.41, 5.74) is 2.23. The fourth-order valence-electron chi connectivity index (χ4n) is 2.30. The highest BCUT2D eigenvalue weighted by molar-refractivity contribution is 5.87. The molecule has 0 unspecified atom stereocenters. The predicted molar refractivity (Wildman–Crippen MR) is 94.0 cm³/mol. The summed E-state index contributed by atoms with van der Waals surface area (Å²) >= 11 is 0. The first-order valence-electron chi connectivity index (χ1n) is 8.54. The highest BCUT2D eigenvalue weighted by Crippen LogP contribution is 2.13. The molecule has 2 amide bonds. The summed E-state index contributed by atoms with van der Waals surface area (Å²) in [7, 11) is 0. The number of hydrogen-bond donors (Lipinski definition) is 1. The summed E-state index contributed by atoms with van der Waals surface area (Å²) in [6.45, 7) is 10.3. The Labute approximate surface area is 140 Å². The first kappa shape index (κ1) is 19.2. The maximum atomic E-state index is 12.5. The van der Waals surface area contributed by atoms with Gasteiger partial charge in [-0.2, -0.15) is 0 Å². The highest BCUT2D eigenvalue weighted by atomic mass is 16.2. The topological polar surface area (TPSA) is 49.4 Å². The van der Waals surface area contributed by atoms with Gasteiger partial charge in [-0.05, 0) is 39.2 Å². The molecule has 1 aromatic rings. The molecule has 0 fully saturated rings. The van der Waals surface area contributed by atoms with Crippen molar-refractivity contribution in [2.45, 2.75) is 72.5 Å². The van der Waals surface area contributed by atoms with Gasteiger partial charge in [-0.15, -0.1) is 0 Å². The van der Waals surface area contributed by atoms with Gasteiger partial charge >= 0.3 is 0 Å². The largest absolute Gasteiger partial charge is 0.352 e. The van der Waals surface area contributed by atoms with E-state index in [4.69, 9.17) is 0 Å². The van der Waals surface area contributed by atoms with Crippen LogP contribution in [-0.2, 0) is 16.1 Å². The number of carbonyl (C=O) groups excluding carboxylic acids is 2. The van der Waals surface area contributed by atoms with Crippen molar-refractivity contribution in [3.63, 3.8) is 0 Å². The Bertz CT molecular complexity index is 511. The number of hydrogen-bond acceptors (Lipinski definition) is 2. The van der Waals surface area contributed by atoms with Gasteiger partial charge in [0.2, 0.25) is 11.8 Å². The number of amides is 2. The van der Waals surface area contributed by atoms with E-state index < -0.39 is 6.04 Å². The third kappa shape index (κ3) is 6.05. The van der Waals surface area contributed by atoms with Gasteiger partial charge in [-0.1, -0.05) is 43.7 Å². The molecule has 128 valence electrons. The maximum Gasteiger partial charge on any atom is 0.242 e. The minimum absolute atomic E-state index is 0.0277. The second-order valence-electron chi connectivity index (χ2n) is 6.25. The molecule has 4 heteroatoms. The van der Waals surface area contributed by atoms with Crippen LogP contribution < -0.4 is 5.32 Å². The molecule has 1 N–H and O–H groups in total. The molecule has 0 radical (unpaired) electrons. The van der Waals surface area contributed by atoms with E-state index in [2.05, 4.69) is 5.32 Å². The minimum atomic E-state index is -0.468. The Morgan fingerprint density at radius 3 is 2.26 bits per heavy atom. The van der Waals surface area contributed by atoms with E-state index in [0.717, 1.165) is 18.4 Å². The van der Waals surface area contributed by atoms with Crippen molar-refractivity contribution in [3.8, 4) is 0 Å². The molecular weight excluding hydrogens is 288 g/mol. The maximum absolute atomic E-state index is 12.5. The van der Waals surface area contributed by atoms with Gasteiger partial charge in [-0.25, -0.2) is 0 Å². The van der Waals surface area contributed by atoms with Gasteiger partial charge < -0.3 is 10.2 Å². The summed E-state index contributed by atoms with van der Waals surface area (Å²) in [5, 5.41) is 2.97. The van der Waals surface area contributed by atoms with Crippen molar-refractivity contribution in [3.05, 3.63) is 35.4 Å². The molecule has 2 atom stereocenters. The number of carbonyl (C=O) groups is 2. The Morgan fingerprint density at radius 1 is 1.13 bits per heavy atom. The zero-order valence-corrected chi connectivity index (χ0v) is 15.1. The van der Waals surface area contributed by atoms with Crippen LogP contribution in [-0.4, -0.2) is 28.8 Å². The lowest BCUT2D eigenvalue weighted by molar-refractivity contribution is -0.140. The zero-order valence-electron chi connectivity index (χ0n) is 15.1. The second kappa shape index (κ2) is 9.33. The monoisotopic (exact) mass is 318 g/mol. The summed E-state index contributed by atoms with van der Waals surface area (Å²) in [6, 6.07) is 7.74. The van der Waals surface area contributed by atoms with Gasteiger partial charge in [-0.3, -0.25) is 9.59 Å². The quantitative estimate of drug-likeness (QED) is 0.798. The summed E-state index contributed by atoms with van der Waals surface area (Å²) in [5.74, 6) is -0.0595. The standard InChI is InChI=1S/C19H30N2O2/c1-6-8-18(22)21(13-17-11-9-14(3)10-12-17)16(5)19(23)20-15(4)7-2/h9-12,15-16H,6-8,13H2,1-5H3,(H,20,23)/t15-,16+/m0/s1. The molecule has 1 aromatic carbocycles. The van der Waals surface area contributed by atoms with E-state index >= 15 is 0 Å². The average molecular weight is 318 g/mol. The molecular formula is C19H30N2O2. The fraction of sp³-hybridized carbons (Fsp3) is 0.579. The van der Waals surface area contributed by atoms with Crippen molar-refractivity contribution in [1.82, 2.24) is 10.2 Å². The molecule has 0 aliphatic heterocycles. The van der Waals surface area contributed by atoms with Crippen molar-refractivity contribution in [1.29, 1.82) is 0 Å². The molecule has 4 nitrogen and oxygen atoms in total. The van der Waals surface area contributed by atoms with E-state index in [0.29, 0.717) is 13.0 Å². The normalized spacial score (nSPS) is 13.3. The molecule has 0 aromatic heterocycles. The number of rotatable bonds is 8. The molecule has 0 aliphatic carbocycles. The second-order valence-corrected chi connectivity index (χ2v) is 6.25. The number of aryl methyl sites for hydroxylation is 1. The molecule has 0 spiro atoms. The van der Waals surface area contributed by atoms with Crippen molar-refractivity contribution >= 4 is 11.8 Å². The van der Waals surface area contributed by atoms with Crippen LogP contribution >= 0.6 is 0 Å². The summed E-state index contributed by atoms with van der Waals surface area (Å²) in [4.78, 5) is 26.5. The van der Waals surface area contributed by atoms with Gasteiger partial charge in [0.05, 0.1) is 0 Å². The molecule has 0 heterocycles. The van der Waals surface area contributed by atoms with Crippen LogP contribution in [0.1, 0.15) is 58.1 Å². The summed E-state index contributed by atoms with van der Waals surface area (Å²) in [6.07, 6.45) is 2.12. The molecule has 1 rings (SSSR count). The minimum Gasteiger partial charge on any atom is -0.352 e. The van der Waals surface area contributed by atoms with Gasteiger partial charge in [0.15, 0.2) is 0 Å². The van der Waals surface area contributed by atoms with E-state index in [1.807, 2.05) is 52.0 Å². The lowest BCUT2D eigenvalue weighted by atomic mass is 10.1. The van der Waals surface area contributed by atoms with E-state index in [-0.39, 0.29) is 17.9 Å². The van der Waals surface area contributed by atoms with Crippen molar-refractivity contribution in [2.75, 3.05) is 0 Å². The van der Waals surface area contributed by atoms with Crippen LogP contribution in [0, 0.1) is 6.92 Å². The molecule has 0 saturated heterocycles. The highest BCUT2D eigenvalue weighted by Gasteiger charge is 2.26. The average Bonchev–Trinajstić information content (AvgIpc) is 2.53. The molecule has 23 heavy (non-hydrogen) atoms. The Morgan fingerprint density at radius 2 is 1.74 bits per heavy atom. The van der Waals surface area contributed by atoms with E-state index in [9.17, 15) is 9.59 Å². The van der Waals surface area contributed by atoms with Crippen LogP contribution in [0.2, 0.25) is 0 Å². The zero-order chi connectivity index (χ0) is 17.4. The van der Waals surface area contributed by atoms with Crippen molar-refractivity contribution in [2.24, 2.45) is 0 Å². The van der Waals surface area contributed by atoms with Gasteiger partial charge in [0, 0.05) is 19.0 Å². The number of nitrogens with one attached hydrogen (secondary N) is 1. The fourth-order valence-corrected chi connectivity index (χ4v) is 2.30. The first-order valence-corrected chi connectivity index (χ1v) is 8.54. The SMILES string of the molecule is CCCC(=O)N(Cc1ccc(C)cc1)[C@H](C)C(=O)N[C@@H](C)CC. The predicted octanol–water partition coefficient (Wildman–Crippen LogP) is 3.43. The van der Waals surface area contributed by atoms with Gasteiger partial charge in [0.1, 0.15) is 6.04 Å². The van der Waals surface area contributed by atoms with Crippen LogP contribution in [0.25, 0.3) is 0 Å². The van der Waals surface area contributed by atoms with Gasteiger partial charge in [0.25, 0.3) is 0 Å². The smallest absolute Gasteiger partial charge is 0.242 e. The Balaban J connectivity index is 2.88. The first-order chi connectivity index (χ1) is 10.9. The lowest BCUT2D eigenvalue weighted by Gasteiger charge is -2.29. The molecule has 0 bridgehead atoms. The molecule has 0 saturated carbocycles. The summed E-state index contributed by atoms with van der Waals surface area (Å²) < 4.78 is 0. The van der Waals surface area contributed by atoms with Crippen LogP contribution in [0.5, 0.6) is 0 Å². The molecule has 0 aliphatic rings. The van der Waals surface area contributed by atoms with Crippen LogP contribution in [0.15, 0.2) is 24.3 Å². The lowest BCUT2D eigenvalue weighted by Crippen LogP contribution is -2.49. The Hall–Kier alpha value is -1.84. The number of nitrogens with zero attached hydrogens (tertiary/aromatic N) is 1.